The normalized spacial score (nSPS) is 39.5. The van der Waals surface area contributed by atoms with Crippen molar-refractivity contribution in [3.8, 4) is 0 Å². The molecule has 1 atom stereocenters. The van der Waals surface area contributed by atoms with Gasteiger partial charge in [-0.15, -0.1) is 0 Å². The summed E-state index contributed by atoms with van der Waals surface area (Å²) in [4.78, 5) is 12.1. The maximum absolute atomic E-state index is 12.1. The minimum atomic E-state index is -0.0340. The van der Waals surface area contributed by atoms with E-state index in [-0.39, 0.29) is 6.29 Å². The van der Waals surface area contributed by atoms with Crippen LogP contribution < -0.4 is 0 Å². The monoisotopic (exact) mass is 224 g/mol. The highest BCUT2D eigenvalue weighted by Crippen LogP contribution is 2.44. The summed E-state index contributed by atoms with van der Waals surface area (Å²) in [6.45, 7) is 1.44. The van der Waals surface area contributed by atoms with E-state index >= 15 is 0 Å². The second kappa shape index (κ2) is 4.46. The topological polar surface area (TPSA) is 35.5 Å². The number of carbonyl (C=O) groups excluding carboxylic acids is 1. The lowest BCUT2D eigenvalue weighted by Gasteiger charge is -2.41. The van der Waals surface area contributed by atoms with Crippen molar-refractivity contribution in [3.05, 3.63) is 0 Å². The van der Waals surface area contributed by atoms with E-state index in [0.29, 0.717) is 23.5 Å². The Balaban J connectivity index is 1.55. The number of ketones is 1. The lowest BCUT2D eigenvalue weighted by molar-refractivity contribution is -0.137. The van der Waals surface area contributed by atoms with Gasteiger partial charge in [0.05, 0.1) is 13.2 Å². The summed E-state index contributed by atoms with van der Waals surface area (Å²) < 4.78 is 10.9. The first kappa shape index (κ1) is 10.7. The molecule has 0 aromatic heterocycles. The minimum absolute atomic E-state index is 0.0340. The van der Waals surface area contributed by atoms with E-state index in [1.54, 1.807) is 0 Å². The van der Waals surface area contributed by atoms with Gasteiger partial charge in [-0.1, -0.05) is 0 Å². The second-order valence-electron chi connectivity index (χ2n) is 5.37. The van der Waals surface area contributed by atoms with E-state index in [9.17, 15) is 4.79 Å². The molecule has 0 N–H and O–H groups in total. The molecule has 1 aliphatic heterocycles. The van der Waals surface area contributed by atoms with E-state index in [1.807, 2.05) is 0 Å². The Morgan fingerprint density at radius 2 is 1.69 bits per heavy atom. The fraction of sp³-hybridized carbons (Fsp3) is 0.923. The van der Waals surface area contributed by atoms with E-state index < -0.39 is 0 Å². The van der Waals surface area contributed by atoms with Gasteiger partial charge in [-0.2, -0.15) is 0 Å². The van der Waals surface area contributed by atoms with Crippen molar-refractivity contribution in [2.45, 2.75) is 44.8 Å². The van der Waals surface area contributed by atoms with Gasteiger partial charge in [-0.05, 0) is 44.4 Å². The number of fused-ring (bicyclic) bond motifs is 3. The fourth-order valence-corrected chi connectivity index (χ4v) is 3.61. The third kappa shape index (κ3) is 1.91. The van der Waals surface area contributed by atoms with Crippen molar-refractivity contribution in [2.24, 2.45) is 17.8 Å². The maximum Gasteiger partial charge on any atom is 0.157 e. The predicted molar refractivity (Wildman–Crippen MR) is 58.9 cm³/mol. The third-order valence-electron chi connectivity index (χ3n) is 4.51. The molecule has 4 fully saturated rings. The molecule has 1 unspecified atom stereocenters. The first-order chi connectivity index (χ1) is 7.84. The van der Waals surface area contributed by atoms with Crippen molar-refractivity contribution in [2.75, 3.05) is 13.2 Å². The van der Waals surface area contributed by atoms with Crippen LogP contribution in [-0.4, -0.2) is 25.3 Å². The van der Waals surface area contributed by atoms with Crippen LogP contribution in [0.15, 0.2) is 0 Å². The van der Waals surface area contributed by atoms with Gasteiger partial charge in [0.1, 0.15) is 5.78 Å². The van der Waals surface area contributed by atoms with E-state index in [2.05, 4.69) is 0 Å². The van der Waals surface area contributed by atoms with E-state index in [1.165, 1.54) is 12.8 Å². The van der Waals surface area contributed by atoms with Gasteiger partial charge >= 0.3 is 0 Å². The molecule has 3 heteroatoms. The Morgan fingerprint density at radius 3 is 2.31 bits per heavy atom. The summed E-state index contributed by atoms with van der Waals surface area (Å²) in [5.41, 5.74) is 0. The number of Topliss-reactive ketones (excluding diaryl/α,β-unsaturated/α-hetero) is 1. The second-order valence-corrected chi connectivity index (χ2v) is 5.37. The first-order valence-electron chi connectivity index (χ1n) is 6.61. The highest BCUT2D eigenvalue weighted by atomic mass is 16.7. The van der Waals surface area contributed by atoms with Gasteiger partial charge in [0.2, 0.25) is 0 Å². The Bertz CT molecular complexity index is 262. The highest BCUT2D eigenvalue weighted by molar-refractivity contribution is 5.85. The average Bonchev–Trinajstić information content (AvgIpc) is 2.82. The zero-order valence-corrected chi connectivity index (χ0v) is 9.69. The minimum Gasteiger partial charge on any atom is -0.350 e. The Hall–Kier alpha value is -0.410. The molecular formula is C13H20O3. The number of carbonyl (C=O) groups is 1. The molecule has 4 aliphatic rings. The van der Waals surface area contributed by atoms with Crippen LogP contribution in [0.25, 0.3) is 0 Å². The third-order valence-corrected chi connectivity index (χ3v) is 4.51. The lowest BCUT2D eigenvalue weighted by Crippen LogP contribution is -2.40. The number of ether oxygens (including phenoxy) is 2. The maximum atomic E-state index is 12.1. The molecule has 3 saturated carbocycles. The quantitative estimate of drug-likeness (QED) is 0.736. The van der Waals surface area contributed by atoms with Crippen molar-refractivity contribution >= 4 is 5.78 Å². The van der Waals surface area contributed by atoms with Gasteiger partial charge in [0, 0.05) is 11.8 Å². The molecule has 90 valence electrons. The van der Waals surface area contributed by atoms with E-state index in [0.717, 1.165) is 38.9 Å². The number of hydrogen-bond acceptors (Lipinski definition) is 3. The Kier molecular flexibility index (Phi) is 2.99. The molecule has 2 bridgehead atoms. The molecule has 3 nitrogen and oxygen atoms in total. The molecule has 4 rings (SSSR count). The van der Waals surface area contributed by atoms with Crippen molar-refractivity contribution in [3.63, 3.8) is 0 Å². The molecule has 16 heavy (non-hydrogen) atoms. The van der Waals surface area contributed by atoms with Crippen molar-refractivity contribution in [1.82, 2.24) is 0 Å². The first-order valence-corrected chi connectivity index (χ1v) is 6.61. The van der Waals surface area contributed by atoms with Gasteiger partial charge in [0.15, 0.2) is 6.29 Å². The SMILES string of the molecule is O=C1C2CCC(CC2)C1CCC1OCCO1. The fourth-order valence-electron chi connectivity index (χ4n) is 3.61. The molecule has 0 amide bonds. The summed E-state index contributed by atoms with van der Waals surface area (Å²) >= 11 is 0. The molecule has 1 heterocycles. The zero-order valence-electron chi connectivity index (χ0n) is 9.69. The number of rotatable bonds is 3. The van der Waals surface area contributed by atoms with E-state index in [4.69, 9.17) is 9.47 Å². The van der Waals surface area contributed by atoms with Crippen LogP contribution in [0.2, 0.25) is 0 Å². The summed E-state index contributed by atoms with van der Waals surface area (Å²) in [6.07, 6.45) is 6.69. The molecule has 0 spiro atoms. The largest absolute Gasteiger partial charge is 0.350 e. The van der Waals surface area contributed by atoms with Crippen LogP contribution in [0.1, 0.15) is 38.5 Å². The van der Waals surface area contributed by atoms with Gasteiger partial charge < -0.3 is 9.47 Å². The van der Waals surface area contributed by atoms with Gasteiger partial charge in [-0.25, -0.2) is 0 Å². The standard InChI is InChI=1S/C13H20O3/c14-13-10-3-1-9(2-4-10)11(13)5-6-12-15-7-8-16-12/h9-12H,1-8H2. The van der Waals surface area contributed by atoms with Crippen molar-refractivity contribution in [1.29, 1.82) is 0 Å². The Morgan fingerprint density at radius 1 is 1.00 bits per heavy atom. The summed E-state index contributed by atoms with van der Waals surface area (Å²) in [5, 5.41) is 0. The van der Waals surface area contributed by atoms with Crippen LogP contribution in [0.4, 0.5) is 0 Å². The van der Waals surface area contributed by atoms with Crippen LogP contribution in [-0.2, 0) is 14.3 Å². The predicted octanol–water partition coefficient (Wildman–Crippen LogP) is 2.14. The smallest absolute Gasteiger partial charge is 0.157 e. The average molecular weight is 224 g/mol. The summed E-state index contributed by atoms with van der Waals surface area (Å²) in [6, 6.07) is 0. The van der Waals surface area contributed by atoms with Crippen LogP contribution >= 0.6 is 0 Å². The molecule has 1 saturated heterocycles. The lowest BCUT2D eigenvalue weighted by atomic mass is 9.63. The Labute approximate surface area is 96.5 Å². The molecule has 0 aromatic rings. The summed E-state index contributed by atoms with van der Waals surface area (Å²) in [7, 11) is 0. The van der Waals surface area contributed by atoms with Crippen LogP contribution in [0.5, 0.6) is 0 Å². The summed E-state index contributed by atoms with van der Waals surface area (Å²) in [5.74, 6) is 1.92. The molecule has 3 aliphatic carbocycles. The van der Waals surface area contributed by atoms with Crippen LogP contribution in [0.3, 0.4) is 0 Å². The highest BCUT2D eigenvalue weighted by Gasteiger charge is 2.42. The molecule has 0 radical (unpaired) electrons. The molecule has 0 aromatic carbocycles. The van der Waals surface area contributed by atoms with Gasteiger partial charge in [0.25, 0.3) is 0 Å². The molecular weight excluding hydrogens is 204 g/mol. The zero-order chi connectivity index (χ0) is 11.0. The van der Waals surface area contributed by atoms with Gasteiger partial charge in [-0.3, -0.25) is 4.79 Å². The van der Waals surface area contributed by atoms with Crippen molar-refractivity contribution < 1.29 is 14.3 Å². The van der Waals surface area contributed by atoms with Crippen LogP contribution in [0, 0.1) is 17.8 Å². The number of hydrogen-bond donors (Lipinski definition) is 0.